The maximum Gasteiger partial charge on any atom is 0.271 e. The van der Waals surface area contributed by atoms with Crippen LogP contribution in [0.4, 0.5) is 0 Å². The summed E-state index contributed by atoms with van der Waals surface area (Å²) < 4.78 is 7.41. The first-order chi connectivity index (χ1) is 11.1. The van der Waals surface area contributed by atoms with Gasteiger partial charge >= 0.3 is 0 Å². The van der Waals surface area contributed by atoms with Crippen LogP contribution in [0.1, 0.15) is 47.3 Å². The summed E-state index contributed by atoms with van der Waals surface area (Å²) in [7, 11) is 0. The Balaban J connectivity index is 1.57. The van der Waals surface area contributed by atoms with Crippen molar-refractivity contribution in [3.8, 4) is 5.75 Å². The Morgan fingerprint density at radius 1 is 1.30 bits per heavy atom. The van der Waals surface area contributed by atoms with E-state index in [4.69, 9.17) is 4.74 Å². The maximum absolute atomic E-state index is 12.2. The summed E-state index contributed by atoms with van der Waals surface area (Å²) in [6, 6.07) is 8.10. The number of amides is 1. The summed E-state index contributed by atoms with van der Waals surface area (Å²) in [5.41, 5.74) is 2.75. The Hall–Kier alpha value is -2.30. The third-order valence-electron chi connectivity index (χ3n) is 4.25. The number of nitrogens with one attached hydrogen (secondary N) is 1. The predicted molar refractivity (Wildman–Crippen MR) is 88.5 cm³/mol. The van der Waals surface area contributed by atoms with Gasteiger partial charge in [0, 0.05) is 12.2 Å². The van der Waals surface area contributed by atoms with Crippen LogP contribution in [0, 0.1) is 13.8 Å². The number of carbonyl (C=O) groups is 1. The Morgan fingerprint density at radius 2 is 2.09 bits per heavy atom. The lowest BCUT2D eigenvalue weighted by molar-refractivity contribution is 0.0930. The molecule has 2 aromatic rings. The molecule has 0 atom stereocenters. The van der Waals surface area contributed by atoms with Crippen LogP contribution < -0.4 is 10.1 Å². The maximum atomic E-state index is 12.2. The molecule has 1 aromatic heterocycles. The highest BCUT2D eigenvalue weighted by molar-refractivity contribution is 5.92. The van der Waals surface area contributed by atoms with Crippen molar-refractivity contribution in [2.24, 2.45) is 0 Å². The molecule has 0 aliphatic heterocycles. The highest BCUT2D eigenvalue weighted by Gasteiger charge is 2.19. The van der Waals surface area contributed by atoms with Gasteiger partial charge in [0.1, 0.15) is 11.4 Å². The molecule has 0 spiro atoms. The minimum absolute atomic E-state index is 0.0952. The third-order valence-corrected chi connectivity index (χ3v) is 4.25. The zero-order valence-electron chi connectivity index (χ0n) is 13.7. The van der Waals surface area contributed by atoms with Gasteiger partial charge in [0.05, 0.1) is 0 Å². The number of rotatable bonds is 5. The highest BCUT2D eigenvalue weighted by atomic mass is 16.5. The van der Waals surface area contributed by atoms with Gasteiger partial charge in [0.25, 0.3) is 5.91 Å². The Kier molecular flexibility index (Phi) is 4.65. The highest BCUT2D eigenvalue weighted by Crippen LogP contribution is 2.19. The Morgan fingerprint density at radius 3 is 2.83 bits per heavy atom. The van der Waals surface area contributed by atoms with Crippen molar-refractivity contribution in [3.05, 3.63) is 47.3 Å². The minimum Gasteiger partial charge on any atom is -0.471 e. The molecule has 1 aromatic carbocycles. The van der Waals surface area contributed by atoms with Crippen LogP contribution in [0.5, 0.6) is 5.75 Å². The zero-order chi connectivity index (χ0) is 16.2. The van der Waals surface area contributed by atoms with Crippen molar-refractivity contribution in [1.29, 1.82) is 0 Å². The smallest absolute Gasteiger partial charge is 0.271 e. The van der Waals surface area contributed by atoms with Gasteiger partial charge < -0.3 is 10.1 Å². The summed E-state index contributed by atoms with van der Waals surface area (Å²) >= 11 is 0. The van der Waals surface area contributed by atoms with Gasteiger partial charge in [-0.1, -0.05) is 30.5 Å². The van der Waals surface area contributed by atoms with Gasteiger partial charge in [-0.15, -0.1) is 0 Å². The van der Waals surface area contributed by atoms with E-state index in [9.17, 15) is 4.79 Å². The number of carbonyl (C=O) groups excluding carboxylic acids is 1. The van der Waals surface area contributed by atoms with Gasteiger partial charge in [0.15, 0.2) is 6.73 Å². The molecule has 0 saturated heterocycles. The molecule has 0 radical (unpaired) electrons. The number of ether oxygens (including phenoxy) is 1. The van der Waals surface area contributed by atoms with Crippen LogP contribution >= 0.6 is 0 Å². The lowest BCUT2D eigenvalue weighted by Gasteiger charge is -2.10. The first kappa shape index (κ1) is 15.6. The van der Waals surface area contributed by atoms with E-state index in [1.165, 1.54) is 18.4 Å². The normalized spacial score (nSPS) is 14.9. The average Bonchev–Trinajstić information content (AvgIpc) is 3.17. The van der Waals surface area contributed by atoms with Crippen LogP contribution in [-0.4, -0.2) is 21.7 Å². The van der Waals surface area contributed by atoms with Crippen molar-refractivity contribution in [3.63, 3.8) is 0 Å². The van der Waals surface area contributed by atoms with Crippen LogP contribution in [0.15, 0.2) is 30.5 Å². The molecule has 1 heterocycles. The van der Waals surface area contributed by atoms with E-state index in [1.54, 1.807) is 16.9 Å². The van der Waals surface area contributed by atoms with Gasteiger partial charge in [-0.05, 0) is 44.4 Å². The van der Waals surface area contributed by atoms with E-state index in [0.29, 0.717) is 18.5 Å². The Bertz CT molecular complexity index is 687. The zero-order valence-corrected chi connectivity index (χ0v) is 13.7. The standard InChI is InChI=1S/C18H23N3O2/c1-13-7-8-17(14(2)11-13)23-12-21-10-9-16(20-21)18(22)19-15-5-3-4-6-15/h7-11,15H,3-6,12H2,1-2H3,(H,19,22). The average molecular weight is 313 g/mol. The van der Waals surface area contributed by atoms with Crippen molar-refractivity contribution in [2.75, 3.05) is 0 Å². The minimum atomic E-state index is -0.0952. The van der Waals surface area contributed by atoms with Crippen LogP contribution in [-0.2, 0) is 6.73 Å². The second-order valence-corrected chi connectivity index (χ2v) is 6.24. The number of hydrogen-bond acceptors (Lipinski definition) is 3. The molecular weight excluding hydrogens is 290 g/mol. The molecule has 1 aliphatic carbocycles. The summed E-state index contributed by atoms with van der Waals surface area (Å²) in [5.74, 6) is 0.741. The number of aryl methyl sites for hydroxylation is 2. The van der Waals surface area contributed by atoms with Gasteiger partial charge in [-0.3, -0.25) is 4.79 Å². The van der Waals surface area contributed by atoms with Crippen LogP contribution in [0.3, 0.4) is 0 Å². The molecular formula is C18H23N3O2. The fraction of sp³-hybridized carbons (Fsp3) is 0.444. The summed E-state index contributed by atoms with van der Waals surface area (Å²) in [5, 5.41) is 7.34. The lowest BCUT2D eigenvalue weighted by atomic mass is 10.1. The van der Waals surface area contributed by atoms with E-state index in [-0.39, 0.29) is 5.91 Å². The first-order valence-corrected chi connectivity index (χ1v) is 8.16. The number of aromatic nitrogens is 2. The quantitative estimate of drug-likeness (QED) is 0.922. The molecule has 1 aliphatic rings. The molecule has 5 nitrogen and oxygen atoms in total. The molecule has 1 fully saturated rings. The molecule has 23 heavy (non-hydrogen) atoms. The lowest BCUT2D eigenvalue weighted by Crippen LogP contribution is -2.32. The van der Waals surface area contributed by atoms with Crippen molar-refractivity contribution in [2.45, 2.75) is 52.3 Å². The van der Waals surface area contributed by atoms with E-state index in [2.05, 4.69) is 23.4 Å². The van der Waals surface area contributed by atoms with Gasteiger partial charge in [-0.2, -0.15) is 5.10 Å². The van der Waals surface area contributed by atoms with E-state index in [0.717, 1.165) is 24.2 Å². The largest absolute Gasteiger partial charge is 0.471 e. The molecule has 1 N–H and O–H groups in total. The summed E-state index contributed by atoms with van der Waals surface area (Å²) in [6.07, 6.45) is 6.31. The second kappa shape index (κ2) is 6.86. The number of benzene rings is 1. The van der Waals surface area contributed by atoms with E-state index < -0.39 is 0 Å². The third kappa shape index (κ3) is 3.92. The molecule has 1 amide bonds. The topological polar surface area (TPSA) is 56.1 Å². The monoisotopic (exact) mass is 313 g/mol. The fourth-order valence-corrected chi connectivity index (χ4v) is 2.98. The molecule has 0 unspecified atom stereocenters. The summed E-state index contributed by atoms with van der Waals surface area (Å²) in [4.78, 5) is 12.2. The first-order valence-electron chi connectivity index (χ1n) is 8.16. The van der Waals surface area contributed by atoms with Crippen LogP contribution in [0.2, 0.25) is 0 Å². The van der Waals surface area contributed by atoms with Gasteiger partial charge in [0.2, 0.25) is 0 Å². The van der Waals surface area contributed by atoms with Crippen molar-refractivity contribution < 1.29 is 9.53 Å². The van der Waals surface area contributed by atoms with E-state index >= 15 is 0 Å². The molecule has 1 saturated carbocycles. The van der Waals surface area contributed by atoms with Gasteiger partial charge in [-0.25, -0.2) is 4.68 Å². The fourth-order valence-electron chi connectivity index (χ4n) is 2.98. The van der Waals surface area contributed by atoms with E-state index in [1.807, 2.05) is 19.1 Å². The SMILES string of the molecule is Cc1ccc(OCn2ccc(C(=O)NC3CCCC3)n2)c(C)c1. The second-order valence-electron chi connectivity index (χ2n) is 6.24. The molecule has 0 bridgehead atoms. The molecule has 5 heteroatoms. The summed E-state index contributed by atoms with van der Waals surface area (Å²) in [6.45, 7) is 4.37. The molecule has 122 valence electrons. The van der Waals surface area contributed by atoms with Crippen LogP contribution in [0.25, 0.3) is 0 Å². The van der Waals surface area contributed by atoms with Crippen molar-refractivity contribution >= 4 is 5.91 Å². The number of nitrogens with zero attached hydrogens (tertiary/aromatic N) is 2. The number of hydrogen-bond donors (Lipinski definition) is 1. The Labute approximate surface area is 136 Å². The molecule has 3 rings (SSSR count). The van der Waals surface area contributed by atoms with Crippen molar-refractivity contribution in [1.82, 2.24) is 15.1 Å². The predicted octanol–water partition coefficient (Wildman–Crippen LogP) is 3.21.